The Labute approximate surface area is 270 Å². The third-order valence-electron chi connectivity index (χ3n) is 8.94. The Kier molecular flexibility index (Phi) is 9.62. The van der Waals surface area contributed by atoms with E-state index in [9.17, 15) is 0 Å². The third kappa shape index (κ3) is 6.69. The van der Waals surface area contributed by atoms with Crippen LogP contribution < -0.4 is 20.3 Å². The van der Waals surface area contributed by atoms with Crippen molar-refractivity contribution in [1.29, 1.82) is 0 Å². The molecule has 6 rings (SSSR count). The number of likely N-dealkylation sites (N-methyl/N-ethyl adjacent to an activating group) is 1. The number of aromatic nitrogens is 4. The van der Waals surface area contributed by atoms with E-state index in [1.165, 1.54) is 61.1 Å². The Morgan fingerprint density at radius 3 is 2.48 bits per heavy atom. The highest BCUT2D eigenvalue weighted by atomic mass is 79.9. The first-order valence-electron chi connectivity index (χ1n) is 15.3. The summed E-state index contributed by atoms with van der Waals surface area (Å²) >= 11 is 3.70. The Balaban J connectivity index is 1.19. The predicted molar refractivity (Wildman–Crippen MR) is 186 cm³/mol. The summed E-state index contributed by atoms with van der Waals surface area (Å²) < 4.78 is 6.76. The first-order valence-corrected chi connectivity index (χ1v) is 18.4. The number of piperazine rings is 1. The molecule has 232 valence electrons. The molecule has 0 amide bonds. The van der Waals surface area contributed by atoms with Gasteiger partial charge in [0.05, 0.1) is 34.0 Å². The van der Waals surface area contributed by atoms with Gasteiger partial charge in [-0.1, -0.05) is 14.0 Å². The number of benzene rings is 2. The summed E-state index contributed by atoms with van der Waals surface area (Å²) in [7, 11) is 3.55. The molecule has 0 unspecified atom stereocenters. The molecule has 2 aromatic carbocycles. The number of aryl methyl sites for hydroxylation is 1. The van der Waals surface area contributed by atoms with Crippen molar-refractivity contribution < 1.29 is 4.74 Å². The lowest BCUT2D eigenvalue weighted by molar-refractivity contribution is 0.0982. The first kappa shape index (κ1) is 31.1. The second-order valence-corrected chi connectivity index (χ2v) is 15.2. The number of ether oxygens (including phenoxy) is 1. The third-order valence-corrected chi connectivity index (χ3v) is 11.0. The standard InChI is InChI=1S/C33H42BrN8OP/c1-22-18-28(30(43-3)20-29(22)42-12-8-24(9-13-42)41-16-14-40(2)15-17-41)39-33-37-21-25(34)27(38-33)19-23-6-7-26-31(32(23)44(4)5)36-11-10-35-26/h6-7,10-11,18,20-21,24H,8-9,12-17,19H2,1-5H3,(H,37,38,39). The van der Waals surface area contributed by atoms with Gasteiger partial charge in [-0.3, -0.25) is 14.9 Å². The zero-order valence-corrected chi connectivity index (χ0v) is 28.8. The van der Waals surface area contributed by atoms with Crippen LogP contribution in [-0.4, -0.2) is 103 Å². The summed E-state index contributed by atoms with van der Waals surface area (Å²) in [5, 5.41) is 4.72. The van der Waals surface area contributed by atoms with Gasteiger partial charge in [-0.05, 0) is 79.3 Å². The molecule has 2 fully saturated rings. The van der Waals surface area contributed by atoms with E-state index in [1.54, 1.807) is 19.5 Å². The molecule has 9 nitrogen and oxygen atoms in total. The van der Waals surface area contributed by atoms with Gasteiger partial charge >= 0.3 is 0 Å². The number of hydrogen-bond acceptors (Lipinski definition) is 9. The normalized spacial score (nSPS) is 17.0. The fraction of sp³-hybridized carbons (Fsp3) is 0.455. The Bertz CT molecular complexity index is 1620. The maximum atomic E-state index is 5.89. The quantitative estimate of drug-likeness (QED) is 0.246. The topological polar surface area (TPSA) is 82.5 Å². The SMILES string of the molecule is COc1cc(N2CCC(N3CCN(C)CC3)CC2)c(C)cc1Nc1ncc(Br)c(Cc2ccc3nccnc3c2P(C)C)n1. The summed E-state index contributed by atoms with van der Waals surface area (Å²) in [4.78, 5) is 26.4. The smallest absolute Gasteiger partial charge is 0.227 e. The first-order chi connectivity index (χ1) is 21.3. The Hall–Kier alpha value is -2.91. The zero-order valence-electron chi connectivity index (χ0n) is 26.3. The summed E-state index contributed by atoms with van der Waals surface area (Å²) in [6, 6.07) is 9.23. The van der Waals surface area contributed by atoms with Crippen LogP contribution in [0.4, 0.5) is 17.3 Å². The number of fused-ring (bicyclic) bond motifs is 1. The lowest BCUT2D eigenvalue weighted by Gasteiger charge is -2.43. The van der Waals surface area contributed by atoms with Crippen molar-refractivity contribution in [2.75, 3.05) is 77.0 Å². The number of nitrogens with zero attached hydrogens (tertiary/aromatic N) is 7. The van der Waals surface area contributed by atoms with Crippen molar-refractivity contribution in [2.45, 2.75) is 32.2 Å². The van der Waals surface area contributed by atoms with Gasteiger partial charge in [0.25, 0.3) is 0 Å². The van der Waals surface area contributed by atoms with Crippen LogP contribution in [0, 0.1) is 6.92 Å². The fourth-order valence-corrected chi connectivity index (χ4v) is 8.19. The maximum absolute atomic E-state index is 5.89. The molecule has 0 saturated carbocycles. The van der Waals surface area contributed by atoms with Crippen LogP contribution in [0.15, 0.2) is 47.3 Å². The average Bonchev–Trinajstić information content (AvgIpc) is 3.03. The van der Waals surface area contributed by atoms with Crippen LogP contribution in [0.25, 0.3) is 11.0 Å². The molecule has 0 atom stereocenters. The van der Waals surface area contributed by atoms with Crippen LogP contribution in [0.2, 0.25) is 0 Å². The largest absolute Gasteiger partial charge is 0.494 e. The highest BCUT2D eigenvalue weighted by molar-refractivity contribution is 9.10. The van der Waals surface area contributed by atoms with E-state index < -0.39 is 7.92 Å². The summed E-state index contributed by atoms with van der Waals surface area (Å²) in [5.74, 6) is 1.33. The molecule has 2 aliphatic rings. The van der Waals surface area contributed by atoms with E-state index in [0.717, 1.165) is 45.7 Å². The number of piperidine rings is 1. The zero-order chi connectivity index (χ0) is 30.8. The number of halogens is 1. The van der Waals surface area contributed by atoms with Gasteiger partial charge in [0.15, 0.2) is 0 Å². The monoisotopic (exact) mass is 676 g/mol. The van der Waals surface area contributed by atoms with E-state index >= 15 is 0 Å². The van der Waals surface area contributed by atoms with E-state index in [2.05, 4.69) is 102 Å². The Morgan fingerprint density at radius 2 is 1.75 bits per heavy atom. The molecular weight excluding hydrogens is 635 g/mol. The van der Waals surface area contributed by atoms with Crippen LogP contribution in [-0.2, 0) is 6.42 Å². The van der Waals surface area contributed by atoms with Gasteiger partial charge in [-0.25, -0.2) is 9.97 Å². The van der Waals surface area contributed by atoms with E-state index in [4.69, 9.17) is 9.72 Å². The molecule has 0 spiro atoms. The average molecular weight is 678 g/mol. The van der Waals surface area contributed by atoms with Gasteiger partial charge in [0.2, 0.25) is 5.95 Å². The highest BCUT2D eigenvalue weighted by Crippen LogP contribution is 2.37. The van der Waals surface area contributed by atoms with Gasteiger partial charge < -0.3 is 19.9 Å². The molecule has 1 N–H and O–H groups in total. The van der Waals surface area contributed by atoms with Crippen LogP contribution in [0.3, 0.4) is 0 Å². The number of methoxy groups -OCH3 is 1. The van der Waals surface area contributed by atoms with E-state index in [1.807, 2.05) is 6.20 Å². The number of anilines is 3. The fourth-order valence-electron chi connectivity index (χ4n) is 6.54. The van der Waals surface area contributed by atoms with Gasteiger partial charge in [0.1, 0.15) is 5.75 Å². The number of nitrogens with one attached hydrogen (secondary N) is 1. The van der Waals surface area contributed by atoms with Crippen molar-refractivity contribution >= 4 is 57.5 Å². The second kappa shape index (κ2) is 13.6. The van der Waals surface area contributed by atoms with Crippen molar-refractivity contribution in [3.05, 3.63) is 64.1 Å². The Morgan fingerprint density at radius 1 is 1.00 bits per heavy atom. The molecule has 2 aliphatic heterocycles. The lowest BCUT2D eigenvalue weighted by Crippen LogP contribution is -2.52. The van der Waals surface area contributed by atoms with E-state index in [0.29, 0.717) is 18.4 Å². The van der Waals surface area contributed by atoms with Crippen LogP contribution >= 0.6 is 23.9 Å². The van der Waals surface area contributed by atoms with Crippen LogP contribution in [0.5, 0.6) is 5.75 Å². The summed E-state index contributed by atoms with van der Waals surface area (Å²) in [5.41, 5.74) is 7.36. The van der Waals surface area contributed by atoms with Crippen molar-refractivity contribution in [2.24, 2.45) is 0 Å². The molecule has 2 saturated heterocycles. The molecule has 44 heavy (non-hydrogen) atoms. The van der Waals surface area contributed by atoms with Crippen molar-refractivity contribution in [1.82, 2.24) is 29.7 Å². The molecule has 4 heterocycles. The van der Waals surface area contributed by atoms with Gasteiger partial charge in [0, 0.05) is 87.4 Å². The molecule has 11 heteroatoms. The minimum absolute atomic E-state index is 0.398. The molecule has 4 aromatic rings. The summed E-state index contributed by atoms with van der Waals surface area (Å²) in [6.45, 7) is 13.5. The molecule has 0 bridgehead atoms. The maximum Gasteiger partial charge on any atom is 0.227 e. The molecule has 0 radical (unpaired) electrons. The van der Waals surface area contributed by atoms with Crippen molar-refractivity contribution in [3.8, 4) is 5.75 Å². The number of rotatable bonds is 8. The second-order valence-electron chi connectivity index (χ2n) is 12.1. The van der Waals surface area contributed by atoms with Crippen LogP contribution in [0.1, 0.15) is 29.7 Å². The molecular formula is C33H42BrN8OP. The minimum Gasteiger partial charge on any atom is -0.494 e. The minimum atomic E-state index is -0.398. The van der Waals surface area contributed by atoms with Crippen molar-refractivity contribution in [3.63, 3.8) is 0 Å². The lowest BCUT2D eigenvalue weighted by atomic mass is 10.0. The number of hydrogen-bond donors (Lipinski definition) is 1. The highest BCUT2D eigenvalue weighted by Gasteiger charge is 2.28. The molecule has 2 aromatic heterocycles. The molecule has 0 aliphatic carbocycles. The summed E-state index contributed by atoms with van der Waals surface area (Å²) in [6.07, 6.45) is 8.41. The van der Waals surface area contributed by atoms with Gasteiger partial charge in [-0.15, -0.1) is 0 Å². The van der Waals surface area contributed by atoms with Gasteiger partial charge in [-0.2, -0.15) is 0 Å². The predicted octanol–water partition coefficient (Wildman–Crippen LogP) is 5.42. The van der Waals surface area contributed by atoms with E-state index in [-0.39, 0.29) is 0 Å².